The number of nitrogens with zero attached hydrogens (tertiary/aromatic N) is 3. The predicted molar refractivity (Wildman–Crippen MR) is 87.4 cm³/mol. The highest BCUT2D eigenvalue weighted by molar-refractivity contribution is 5.92. The van der Waals surface area contributed by atoms with Crippen molar-refractivity contribution in [1.82, 2.24) is 20.0 Å². The maximum Gasteiger partial charge on any atom is 0.490 e. The summed E-state index contributed by atoms with van der Waals surface area (Å²) in [5.41, 5.74) is -0.0358. The van der Waals surface area contributed by atoms with Crippen molar-refractivity contribution in [3.8, 4) is 0 Å². The van der Waals surface area contributed by atoms with Crippen LogP contribution in [0.5, 0.6) is 0 Å². The summed E-state index contributed by atoms with van der Waals surface area (Å²) in [5, 5.41) is 13.2. The Kier molecular flexibility index (Phi) is 8.88. The molecule has 1 fully saturated rings. The Hall–Kier alpha value is -2.47. The van der Waals surface area contributed by atoms with Gasteiger partial charge >= 0.3 is 12.1 Å². The van der Waals surface area contributed by atoms with Gasteiger partial charge in [-0.25, -0.2) is 9.89 Å². The van der Waals surface area contributed by atoms with Crippen molar-refractivity contribution in [2.75, 3.05) is 45.9 Å². The number of alkyl halides is 3. The van der Waals surface area contributed by atoms with E-state index in [0.717, 1.165) is 32.8 Å². The molecular formula is C15H21F3N4O5. The quantitative estimate of drug-likeness (QED) is 0.733. The first-order chi connectivity index (χ1) is 12.6. The van der Waals surface area contributed by atoms with Crippen molar-refractivity contribution in [2.24, 2.45) is 0 Å². The topological polar surface area (TPSA) is 116 Å². The lowest BCUT2D eigenvalue weighted by atomic mass is 10.3. The van der Waals surface area contributed by atoms with Crippen LogP contribution in [0.1, 0.15) is 17.4 Å². The Labute approximate surface area is 152 Å². The second-order valence-corrected chi connectivity index (χ2v) is 5.45. The van der Waals surface area contributed by atoms with Gasteiger partial charge in [0, 0.05) is 38.8 Å². The van der Waals surface area contributed by atoms with Gasteiger partial charge in [-0.15, -0.1) is 0 Å². The zero-order valence-corrected chi connectivity index (χ0v) is 14.7. The number of amides is 1. The van der Waals surface area contributed by atoms with Crippen LogP contribution in [0.15, 0.2) is 16.9 Å². The Morgan fingerprint density at radius 1 is 1.33 bits per heavy atom. The maximum atomic E-state index is 12.3. The molecule has 1 aromatic heterocycles. The molecule has 0 radical (unpaired) electrons. The molecule has 0 atom stereocenters. The second kappa shape index (κ2) is 10.6. The van der Waals surface area contributed by atoms with Gasteiger partial charge in [-0.2, -0.15) is 18.3 Å². The van der Waals surface area contributed by atoms with Gasteiger partial charge in [0.2, 0.25) is 0 Å². The summed E-state index contributed by atoms with van der Waals surface area (Å²) in [6, 6.07) is 2.77. The second-order valence-electron chi connectivity index (χ2n) is 5.45. The van der Waals surface area contributed by atoms with Gasteiger partial charge in [0.1, 0.15) is 5.69 Å². The van der Waals surface area contributed by atoms with Crippen LogP contribution < -0.4 is 5.56 Å². The van der Waals surface area contributed by atoms with Crippen LogP contribution in [0.3, 0.4) is 0 Å². The van der Waals surface area contributed by atoms with Crippen molar-refractivity contribution in [2.45, 2.75) is 13.1 Å². The zero-order valence-electron chi connectivity index (χ0n) is 14.7. The first-order valence-electron chi connectivity index (χ1n) is 8.10. The van der Waals surface area contributed by atoms with E-state index >= 15 is 0 Å². The van der Waals surface area contributed by atoms with E-state index in [0.29, 0.717) is 13.1 Å². The first-order valence-corrected chi connectivity index (χ1v) is 8.10. The molecule has 0 bridgehead atoms. The molecule has 1 aliphatic rings. The average molecular weight is 394 g/mol. The number of halogens is 3. The van der Waals surface area contributed by atoms with E-state index in [-0.39, 0.29) is 17.2 Å². The number of aromatic amines is 1. The van der Waals surface area contributed by atoms with Gasteiger partial charge in [-0.3, -0.25) is 14.5 Å². The maximum absolute atomic E-state index is 12.3. The summed E-state index contributed by atoms with van der Waals surface area (Å²) in [6.45, 7) is 7.34. The monoisotopic (exact) mass is 394 g/mol. The van der Waals surface area contributed by atoms with Crippen LogP contribution in [0.25, 0.3) is 0 Å². The number of carboxylic acid groups (broad SMARTS) is 1. The fourth-order valence-corrected chi connectivity index (χ4v) is 2.12. The molecule has 9 nitrogen and oxygen atoms in total. The van der Waals surface area contributed by atoms with Crippen molar-refractivity contribution in [3.05, 3.63) is 28.2 Å². The van der Waals surface area contributed by atoms with E-state index < -0.39 is 12.1 Å². The molecule has 152 valence electrons. The van der Waals surface area contributed by atoms with E-state index in [1.165, 1.54) is 12.1 Å². The van der Waals surface area contributed by atoms with Crippen LogP contribution in [0.2, 0.25) is 0 Å². The van der Waals surface area contributed by atoms with Crippen LogP contribution in [0, 0.1) is 0 Å². The van der Waals surface area contributed by atoms with E-state index in [4.69, 9.17) is 14.6 Å². The van der Waals surface area contributed by atoms with Crippen molar-refractivity contribution >= 4 is 11.9 Å². The Balaban J connectivity index is 0.000000445. The van der Waals surface area contributed by atoms with E-state index in [2.05, 4.69) is 15.1 Å². The Morgan fingerprint density at radius 2 is 1.93 bits per heavy atom. The molecule has 12 heteroatoms. The summed E-state index contributed by atoms with van der Waals surface area (Å²) < 4.78 is 37.0. The molecular weight excluding hydrogens is 373 g/mol. The summed E-state index contributed by atoms with van der Waals surface area (Å²) in [5.74, 6) is -2.91. The van der Waals surface area contributed by atoms with Crippen molar-refractivity contribution < 1.29 is 32.6 Å². The molecule has 0 aromatic carbocycles. The highest BCUT2D eigenvalue weighted by Gasteiger charge is 2.38. The number of likely N-dealkylation sites (N-methyl/N-ethyl adjacent to an activating group) is 1. The van der Waals surface area contributed by atoms with Gasteiger partial charge in [0.15, 0.2) is 0 Å². The number of morpholine rings is 1. The average Bonchev–Trinajstić information content (AvgIpc) is 2.63. The van der Waals surface area contributed by atoms with Crippen LogP contribution >= 0.6 is 0 Å². The standard InChI is InChI=1S/C13H20N4O3.C2HF3O2/c1-2-17(6-5-16-7-9-20-10-8-16)13(19)11-3-4-12(18)15-14-11;3-2(4,5)1(6)7/h3-4H,2,5-10H2,1H3,(H,15,18);(H,6,7). The normalized spacial score (nSPS) is 14.8. The van der Waals surface area contributed by atoms with E-state index in [1.54, 1.807) is 4.90 Å². The summed E-state index contributed by atoms with van der Waals surface area (Å²) in [7, 11) is 0. The lowest BCUT2D eigenvalue weighted by molar-refractivity contribution is -0.192. The van der Waals surface area contributed by atoms with Crippen molar-refractivity contribution in [1.29, 1.82) is 0 Å². The molecule has 0 saturated carbocycles. The van der Waals surface area contributed by atoms with Gasteiger partial charge in [0.25, 0.3) is 11.5 Å². The molecule has 1 saturated heterocycles. The minimum Gasteiger partial charge on any atom is -0.475 e. The first kappa shape index (κ1) is 22.6. The number of aromatic nitrogens is 2. The zero-order chi connectivity index (χ0) is 20.4. The third-order valence-electron chi connectivity index (χ3n) is 3.60. The van der Waals surface area contributed by atoms with Crippen LogP contribution in [-0.2, 0) is 9.53 Å². The van der Waals surface area contributed by atoms with Gasteiger partial charge in [-0.05, 0) is 13.0 Å². The molecule has 1 amide bonds. The molecule has 1 aliphatic heterocycles. The van der Waals surface area contributed by atoms with Crippen molar-refractivity contribution in [3.63, 3.8) is 0 Å². The largest absolute Gasteiger partial charge is 0.490 e. The lowest BCUT2D eigenvalue weighted by Gasteiger charge is -2.29. The minimum atomic E-state index is -5.08. The van der Waals surface area contributed by atoms with Crippen LogP contribution in [0.4, 0.5) is 13.2 Å². The van der Waals surface area contributed by atoms with Gasteiger partial charge in [-0.1, -0.05) is 0 Å². The molecule has 2 N–H and O–H groups in total. The van der Waals surface area contributed by atoms with E-state index in [9.17, 15) is 22.8 Å². The number of carbonyl (C=O) groups excluding carboxylic acids is 1. The minimum absolute atomic E-state index is 0.156. The number of rotatable bonds is 5. The summed E-state index contributed by atoms with van der Waals surface area (Å²) >= 11 is 0. The fourth-order valence-electron chi connectivity index (χ4n) is 2.12. The fraction of sp³-hybridized carbons (Fsp3) is 0.600. The van der Waals surface area contributed by atoms with Crippen LogP contribution in [-0.4, -0.2) is 89.1 Å². The SMILES string of the molecule is CCN(CCN1CCOCC1)C(=O)c1ccc(=O)[nH]n1.O=C(O)C(F)(F)F. The number of nitrogens with one attached hydrogen (secondary N) is 1. The summed E-state index contributed by atoms with van der Waals surface area (Å²) in [4.78, 5) is 36.1. The van der Waals surface area contributed by atoms with Gasteiger partial charge < -0.3 is 14.7 Å². The molecule has 1 aromatic rings. The molecule has 2 rings (SSSR count). The van der Waals surface area contributed by atoms with Gasteiger partial charge in [0.05, 0.1) is 13.2 Å². The number of hydrogen-bond acceptors (Lipinski definition) is 6. The molecule has 0 unspecified atom stereocenters. The lowest BCUT2D eigenvalue weighted by Crippen LogP contribution is -2.43. The third kappa shape index (κ3) is 8.17. The number of H-pyrrole nitrogens is 1. The number of aliphatic carboxylic acids is 1. The number of carbonyl (C=O) groups is 2. The predicted octanol–water partition coefficient (Wildman–Crippen LogP) is 0.198. The number of ether oxygens (including phenoxy) is 1. The third-order valence-corrected chi connectivity index (χ3v) is 3.60. The molecule has 27 heavy (non-hydrogen) atoms. The molecule has 2 heterocycles. The Morgan fingerprint density at radius 3 is 2.37 bits per heavy atom. The summed E-state index contributed by atoms with van der Waals surface area (Å²) in [6.07, 6.45) is -5.08. The highest BCUT2D eigenvalue weighted by atomic mass is 19.4. The smallest absolute Gasteiger partial charge is 0.475 e. The van der Waals surface area contributed by atoms with E-state index in [1.807, 2.05) is 6.92 Å². The number of carboxylic acids is 1. The highest BCUT2D eigenvalue weighted by Crippen LogP contribution is 2.13. The molecule has 0 spiro atoms. The number of hydrogen-bond donors (Lipinski definition) is 2. The molecule has 0 aliphatic carbocycles. The Bertz CT molecular complexity index is 654.